The molecule has 4 nitrogen and oxygen atoms in total. The van der Waals surface area contributed by atoms with Crippen LogP contribution in [0, 0.1) is 5.92 Å². The number of hydrogen-bond donors (Lipinski definition) is 1. The molecular formula is C19H27NO3. The Morgan fingerprint density at radius 2 is 1.96 bits per heavy atom. The Kier molecular flexibility index (Phi) is 5.80. The molecule has 0 radical (unpaired) electrons. The molecule has 126 valence electrons. The number of carboxylic acid groups (broad SMARTS) is 1. The van der Waals surface area contributed by atoms with Crippen LogP contribution in [0.2, 0.25) is 0 Å². The van der Waals surface area contributed by atoms with Crippen molar-refractivity contribution in [1.29, 1.82) is 0 Å². The predicted molar refractivity (Wildman–Crippen MR) is 90.3 cm³/mol. The Hall–Kier alpha value is -1.84. The zero-order valence-electron chi connectivity index (χ0n) is 14.1. The minimum Gasteiger partial charge on any atom is -0.481 e. The maximum absolute atomic E-state index is 12.7. The summed E-state index contributed by atoms with van der Waals surface area (Å²) in [4.78, 5) is 25.3. The quantitative estimate of drug-likeness (QED) is 0.874. The highest BCUT2D eigenvalue weighted by atomic mass is 16.4. The highest BCUT2D eigenvalue weighted by molar-refractivity contribution is 5.78. The molecule has 1 atom stereocenters. The average molecular weight is 317 g/mol. The lowest BCUT2D eigenvalue weighted by Crippen LogP contribution is -2.42. The SMILES string of the molecule is CC(C)(CC(=O)N1CCCC(CCC(=O)O)C1)c1ccccc1. The second-order valence-electron chi connectivity index (χ2n) is 7.21. The van der Waals surface area contributed by atoms with Gasteiger partial charge in [-0.05, 0) is 36.2 Å². The Morgan fingerprint density at radius 1 is 1.26 bits per heavy atom. The van der Waals surface area contributed by atoms with E-state index in [1.807, 2.05) is 23.1 Å². The Labute approximate surface area is 138 Å². The van der Waals surface area contributed by atoms with Crippen LogP contribution >= 0.6 is 0 Å². The summed E-state index contributed by atoms with van der Waals surface area (Å²) in [5, 5.41) is 8.82. The number of hydrogen-bond acceptors (Lipinski definition) is 2. The highest BCUT2D eigenvalue weighted by Gasteiger charge is 2.29. The molecular weight excluding hydrogens is 290 g/mol. The average Bonchev–Trinajstić information content (AvgIpc) is 2.53. The zero-order chi connectivity index (χ0) is 16.9. The van der Waals surface area contributed by atoms with Gasteiger partial charge in [-0.3, -0.25) is 9.59 Å². The van der Waals surface area contributed by atoms with Crippen LogP contribution in [0.5, 0.6) is 0 Å². The molecule has 0 bridgehead atoms. The van der Waals surface area contributed by atoms with Crippen molar-refractivity contribution in [1.82, 2.24) is 4.90 Å². The van der Waals surface area contributed by atoms with Crippen LogP contribution in [0.3, 0.4) is 0 Å². The number of benzene rings is 1. The molecule has 1 aromatic rings. The maximum Gasteiger partial charge on any atom is 0.303 e. The van der Waals surface area contributed by atoms with Gasteiger partial charge < -0.3 is 10.0 Å². The summed E-state index contributed by atoms with van der Waals surface area (Å²) < 4.78 is 0. The van der Waals surface area contributed by atoms with Crippen molar-refractivity contribution in [3.8, 4) is 0 Å². The molecule has 0 aliphatic carbocycles. The lowest BCUT2D eigenvalue weighted by Gasteiger charge is -2.35. The zero-order valence-corrected chi connectivity index (χ0v) is 14.1. The van der Waals surface area contributed by atoms with E-state index in [-0.39, 0.29) is 17.7 Å². The minimum absolute atomic E-state index is 0.180. The normalized spacial score (nSPS) is 18.7. The van der Waals surface area contributed by atoms with Gasteiger partial charge in [0.2, 0.25) is 5.91 Å². The van der Waals surface area contributed by atoms with E-state index in [1.54, 1.807) is 0 Å². The topological polar surface area (TPSA) is 57.6 Å². The molecule has 4 heteroatoms. The van der Waals surface area contributed by atoms with E-state index < -0.39 is 5.97 Å². The number of carboxylic acids is 1. The molecule has 0 aromatic heterocycles. The van der Waals surface area contributed by atoms with E-state index >= 15 is 0 Å². The number of rotatable bonds is 6. The van der Waals surface area contributed by atoms with E-state index in [0.717, 1.165) is 19.4 Å². The van der Waals surface area contributed by atoms with Crippen LogP contribution in [-0.4, -0.2) is 35.0 Å². The van der Waals surface area contributed by atoms with Crippen LogP contribution in [0.15, 0.2) is 30.3 Å². The van der Waals surface area contributed by atoms with Crippen LogP contribution in [0.1, 0.15) is 51.5 Å². The van der Waals surface area contributed by atoms with Gasteiger partial charge in [0.1, 0.15) is 0 Å². The number of carbonyl (C=O) groups is 2. The second kappa shape index (κ2) is 7.62. The summed E-state index contributed by atoms with van der Waals surface area (Å²) >= 11 is 0. The molecule has 1 N–H and O–H groups in total. The van der Waals surface area contributed by atoms with Gasteiger partial charge in [0.15, 0.2) is 0 Å². The summed E-state index contributed by atoms with van der Waals surface area (Å²) in [6.07, 6.45) is 3.35. The first-order valence-corrected chi connectivity index (χ1v) is 8.43. The van der Waals surface area contributed by atoms with Crippen molar-refractivity contribution >= 4 is 11.9 Å². The van der Waals surface area contributed by atoms with E-state index in [9.17, 15) is 9.59 Å². The molecule has 1 aliphatic rings. The van der Waals surface area contributed by atoms with E-state index in [2.05, 4.69) is 26.0 Å². The van der Waals surface area contributed by atoms with Gasteiger partial charge >= 0.3 is 5.97 Å². The standard InChI is InChI=1S/C19H27NO3/c1-19(2,16-8-4-3-5-9-16)13-17(21)20-12-6-7-15(14-20)10-11-18(22)23/h3-5,8-9,15H,6-7,10-14H2,1-2H3,(H,22,23). The Bertz CT molecular complexity index is 539. The molecule has 0 spiro atoms. The monoisotopic (exact) mass is 317 g/mol. The fourth-order valence-corrected chi connectivity index (χ4v) is 3.34. The highest BCUT2D eigenvalue weighted by Crippen LogP contribution is 2.29. The van der Waals surface area contributed by atoms with Crippen LogP contribution in [-0.2, 0) is 15.0 Å². The van der Waals surface area contributed by atoms with Crippen molar-refractivity contribution < 1.29 is 14.7 Å². The number of carbonyl (C=O) groups excluding carboxylic acids is 1. The third kappa shape index (κ3) is 5.08. The summed E-state index contributed by atoms with van der Waals surface area (Å²) in [6.45, 7) is 5.71. The van der Waals surface area contributed by atoms with Gasteiger partial charge in [0, 0.05) is 25.9 Å². The van der Waals surface area contributed by atoms with Crippen LogP contribution in [0.4, 0.5) is 0 Å². The lowest BCUT2D eigenvalue weighted by atomic mass is 9.81. The molecule has 1 aliphatic heterocycles. The van der Waals surface area contributed by atoms with Gasteiger partial charge in [-0.1, -0.05) is 44.2 Å². The number of amides is 1. The van der Waals surface area contributed by atoms with E-state index in [0.29, 0.717) is 25.3 Å². The van der Waals surface area contributed by atoms with Crippen molar-refractivity contribution in [2.75, 3.05) is 13.1 Å². The molecule has 0 saturated carbocycles. The van der Waals surface area contributed by atoms with Crippen molar-refractivity contribution in [2.45, 2.75) is 51.4 Å². The third-order valence-corrected chi connectivity index (χ3v) is 4.79. The van der Waals surface area contributed by atoms with Gasteiger partial charge in [-0.25, -0.2) is 0 Å². The van der Waals surface area contributed by atoms with Crippen molar-refractivity contribution in [3.63, 3.8) is 0 Å². The second-order valence-corrected chi connectivity index (χ2v) is 7.21. The summed E-state index contributed by atoms with van der Waals surface area (Å²) in [5.74, 6) is -0.249. The summed E-state index contributed by atoms with van der Waals surface area (Å²) in [7, 11) is 0. The maximum atomic E-state index is 12.7. The fraction of sp³-hybridized carbons (Fsp3) is 0.579. The van der Waals surface area contributed by atoms with Gasteiger partial charge in [0.25, 0.3) is 0 Å². The fourth-order valence-electron chi connectivity index (χ4n) is 3.34. The smallest absolute Gasteiger partial charge is 0.303 e. The third-order valence-electron chi connectivity index (χ3n) is 4.79. The van der Waals surface area contributed by atoms with Crippen molar-refractivity contribution in [3.05, 3.63) is 35.9 Å². The largest absolute Gasteiger partial charge is 0.481 e. The number of likely N-dealkylation sites (tertiary alicyclic amines) is 1. The number of aliphatic carboxylic acids is 1. The first-order valence-electron chi connectivity index (χ1n) is 8.43. The molecule has 1 heterocycles. The molecule has 1 saturated heterocycles. The van der Waals surface area contributed by atoms with E-state index in [4.69, 9.17) is 5.11 Å². The molecule has 2 rings (SSSR count). The Balaban J connectivity index is 1.93. The predicted octanol–water partition coefficient (Wildman–Crippen LogP) is 3.46. The molecule has 1 amide bonds. The van der Waals surface area contributed by atoms with Crippen LogP contribution < -0.4 is 0 Å². The lowest BCUT2D eigenvalue weighted by molar-refractivity contribution is -0.137. The molecule has 1 unspecified atom stereocenters. The van der Waals surface area contributed by atoms with Gasteiger partial charge in [-0.15, -0.1) is 0 Å². The van der Waals surface area contributed by atoms with Gasteiger partial charge in [0.05, 0.1) is 0 Å². The number of piperidine rings is 1. The van der Waals surface area contributed by atoms with Crippen molar-refractivity contribution in [2.24, 2.45) is 5.92 Å². The minimum atomic E-state index is -0.751. The first kappa shape index (κ1) is 17.5. The molecule has 23 heavy (non-hydrogen) atoms. The summed E-state index contributed by atoms with van der Waals surface area (Å²) in [5.41, 5.74) is 0.986. The van der Waals surface area contributed by atoms with E-state index in [1.165, 1.54) is 5.56 Å². The Morgan fingerprint density at radius 3 is 2.61 bits per heavy atom. The summed E-state index contributed by atoms with van der Waals surface area (Å²) in [6, 6.07) is 10.1. The van der Waals surface area contributed by atoms with Gasteiger partial charge in [-0.2, -0.15) is 0 Å². The first-order chi connectivity index (χ1) is 10.9. The molecule has 1 fully saturated rings. The van der Waals surface area contributed by atoms with Crippen LogP contribution in [0.25, 0.3) is 0 Å². The molecule has 1 aromatic carbocycles. The number of nitrogens with zero attached hydrogens (tertiary/aromatic N) is 1.